The molecule has 0 aliphatic carbocycles. The maximum Gasteiger partial charge on any atom is 0.251 e. The predicted octanol–water partition coefficient (Wildman–Crippen LogP) is 1.87. The van der Waals surface area contributed by atoms with Gasteiger partial charge in [0.2, 0.25) is 5.82 Å². The van der Waals surface area contributed by atoms with Crippen molar-refractivity contribution < 1.29 is 4.79 Å². The Kier molecular flexibility index (Phi) is 5.63. The molecule has 1 aromatic heterocycles. The Morgan fingerprint density at radius 3 is 2.88 bits per heavy atom. The van der Waals surface area contributed by atoms with Crippen LogP contribution in [0.3, 0.4) is 0 Å². The van der Waals surface area contributed by atoms with Gasteiger partial charge in [-0.1, -0.05) is 19.9 Å². The first-order valence-corrected chi connectivity index (χ1v) is 7.50. The summed E-state index contributed by atoms with van der Waals surface area (Å²) in [5.41, 5.74) is 2.45. The van der Waals surface area contributed by atoms with E-state index in [4.69, 9.17) is 5.26 Å². The summed E-state index contributed by atoms with van der Waals surface area (Å²) < 4.78 is 0. The molecule has 0 aliphatic rings. The van der Waals surface area contributed by atoms with E-state index < -0.39 is 0 Å². The number of allylic oxidation sites excluding steroid dienone is 1. The van der Waals surface area contributed by atoms with Gasteiger partial charge in [0.15, 0.2) is 0 Å². The zero-order chi connectivity index (χ0) is 17.5. The minimum Gasteiger partial charge on any atom is -0.360 e. The van der Waals surface area contributed by atoms with E-state index in [2.05, 4.69) is 31.3 Å². The Labute approximate surface area is 140 Å². The first-order chi connectivity index (χ1) is 11.5. The molecule has 1 amide bonds. The molecular formula is C16H19N7O. The predicted molar refractivity (Wildman–Crippen MR) is 89.7 cm³/mol. The van der Waals surface area contributed by atoms with Crippen LogP contribution in [-0.2, 0) is 0 Å². The minimum atomic E-state index is -0.130. The molecule has 1 heterocycles. The highest BCUT2D eigenvalue weighted by Gasteiger charge is 2.09. The molecule has 0 atom stereocenters. The number of hydrogen-bond donors (Lipinski definition) is 3. The third-order valence-corrected chi connectivity index (χ3v) is 3.25. The topological polar surface area (TPSA) is 119 Å². The summed E-state index contributed by atoms with van der Waals surface area (Å²) in [7, 11) is 0. The Hall–Kier alpha value is -3.21. The van der Waals surface area contributed by atoms with Crippen molar-refractivity contribution >= 4 is 17.2 Å². The van der Waals surface area contributed by atoms with Crippen molar-refractivity contribution in [3.63, 3.8) is 0 Å². The number of anilines is 1. The van der Waals surface area contributed by atoms with Gasteiger partial charge in [0.25, 0.3) is 5.91 Å². The molecule has 2 rings (SSSR count). The van der Waals surface area contributed by atoms with E-state index in [1.807, 2.05) is 32.9 Å². The van der Waals surface area contributed by atoms with E-state index in [1.165, 1.54) is 6.20 Å². The van der Waals surface area contributed by atoms with Crippen LogP contribution >= 0.6 is 0 Å². The van der Waals surface area contributed by atoms with Gasteiger partial charge >= 0.3 is 0 Å². The van der Waals surface area contributed by atoms with E-state index >= 15 is 0 Å². The number of tetrazole rings is 1. The number of nitriles is 1. The Morgan fingerprint density at radius 1 is 1.46 bits per heavy atom. The number of amides is 1. The van der Waals surface area contributed by atoms with Gasteiger partial charge in [-0.3, -0.25) is 4.79 Å². The number of nitrogens with one attached hydrogen (secondary N) is 3. The largest absolute Gasteiger partial charge is 0.360 e. The van der Waals surface area contributed by atoms with Gasteiger partial charge in [-0.05, 0) is 35.8 Å². The molecule has 0 saturated carbocycles. The highest BCUT2D eigenvalue weighted by atomic mass is 16.1. The van der Waals surface area contributed by atoms with Gasteiger partial charge < -0.3 is 10.6 Å². The average Bonchev–Trinajstić information content (AvgIpc) is 3.09. The normalized spacial score (nSPS) is 11.2. The van der Waals surface area contributed by atoms with Crippen molar-refractivity contribution in [3.05, 3.63) is 41.4 Å². The Balaban J connectivity index is 2.17. The number of carbonyl (C=O) groups is 1. The molecule has 0 radical (unpaired) electrons. The molecule has 0 spiro atoms. The summed E-state index contributed by atoms with van der Waals surface area (Å²) in [6.07, 6.45) is 1.49. The standard InChI is InChI=1S/C16H19N7O/c1-10(2)8-19-16(24)12-5-4-11(3)14(6-12)18-9-13(7-17)15-20-22-23-21-15/h4-6,9-10,18H,8H2,1-3H3,(H,19,24)(H,20,21,22,23). The summed E-state index contributed by atoms with van der Waals surface area (Å²) in [6.45, 7) is 6.60. The van der Waals surface area contributed by atoms with Crippen LogP contribution in [0.15, 0.2) is 24.4 Å². The first kappa shape index (κ1) is 17.1. The lowest BCUT2D eigenvalue weighted by atomic mass is 10.1. The lowest BCUT2D eigenvalue weighted by molar-refractivity contribution is 0.0949. The fourth-order valence-electron chi connectivity index (χ4n) is 1.89. The first-order valence-electron chi connectivity index (χ1n) is 7.50. The number of hydrogen-bond acceptors (Lipinski definition) is 6. The second kappa shape index (κ2) is 7.87. The molecule has 0 unspecified atom stereocenters. The zero-order valence-corrected chi connectivity index (χ0v) is 13.8. The second-order valence-corrected chi connectivity index (χ2v) is 5.68. The van der Waals surface area contributed by atoms with Gasteiger partial charge in [-0.15, -0.1) is 10.2 Å². The zero-order valence-electron chi connectivity index (χ0n) is 13.8. The SMILES string of the molecule is Cc1ccc(C(=O)NCC(C)C)cc1NC=C(C#N)c1nn[nH]n1. The van der Waals surface area contributed by atoms with E-state index in [9.17, 15) is 4.79 Å². The third kappa shape index (κ3) is 4.39. The summed E-state index contributed by atoms with van der Waals surface area (Å²) >= 11 is 0. The maximum atomic E-state index is 12.2. The Bertz CT molecular complexity index is 772. The number of nitrogens with zero attached hydrogens (tertiary/aromatic N) is 4. The monoisotopic (exact) mass is 325 g/mol. The van der Waals surface area contributed by atoms with E-state index in [0.29, 0.717) is 18.0 Å². The molecule has 124 valence electrons. The summed E-state index contributed by atoms with van der Waals surface area (Å²) in [5, 5.41) is 28.3. The number of rotatable bonds is 6. The third-order valence-electron chi connectivity index (χ3n) is 3.25. The lowest BCUT2D eigenvalue weighted by Gasteiger charge is -2.11. The van der Waals surface area contributed by atoms with Crippen LogP contribution in [0.1, 0.15) is 35.6 Å². The van der Waals surface area contributed by atoms with Crippen LogP contribution in [0.4, 0.5) is 5.69 Å². The molecule has 1 aromatic carbocycles. The maximum absolute atomic E-state index is 12.2. The van der Waals surface area contributed by atoms with Crippen LogP contribution in [0, 0.1) is 24.2 Å². The van der Waals surface area contributed by atoms with Crippen molar-refractivity contribution in [2.75, 3.05) is 11.9 Å². The smallest absolute Gasteiger partial charge is 0.251 e. The van der Waals surface area contributed by atoms with Gasteiger partial charge in [-0.25, -0.2) is 0 Å². The van der Waals surface area contributed by atoms with Crippen molar-refractivity contribution in [1.82, 2.24) is 25.9 Å². The molecule has 0 saturated heterocycles. The molecule has 0 bridgehead atoms. The lowest BCUT2D eigenvalue weighted by Crippen LogP contribution is -2.27. The number of carbonyl (C=O) groups excluding carboxylic acids is 1. The minimum absolute atomic E-state index is 0.130. The number of aromatic amines is 1. The van der Waals surface area contributed by atoms with E-state index in [0.717, 1.165) is 11.3 Å². The number of aromatic nitrogens is 4. The fraction of sp³-hybridized carbons (Fsp3) is 0.312. The molecule has 24 heavy (non-hydrogen) atoms. The molecule has 8 nitrogen and oxygen atoms in total. The van der Waals surface area contributed by atoms with Gasteiger partial charge in [0, 0.05) is 24.0 Å². The van der Waals surface area contributed by atoms with Crippen LogP contribution in [0.2, 0.25) is 0 Å². The van der Waals surface area contributed by atoms with Crippen molar-refractivity contribution in [2.45, 2.75) is 20.8 Å². The highest BCUT2D eigenvalue weighted by Crippen LogP contribution is 2.18. The molecular weight excluding hydrogens is 306 g/mol. The quantitative estimate of drug-likeness (QED) is 0.697. The molecule has 3 N–H and O–H groups in total. The average molecular weight is 325 g/mol. The van der Waals surface area contributed by atoms with Gasteiger partial charge in [-0.2, -0.15) is 10.5 Å². The summed E-state index contributed by atoms with van der Waals surface area (Å²) in [6, 6.07) is 7.36. The van der Waals surface area contributed by atoms with Crippen LogP contribution in [0.25, 0.3) is 5.57 Å². The van der Waals surface area contributed by atoms with Crippen LogP contribution in [-0.4, -0.2) is 33.1 Å². The number of benzene rings is 1. The van der Waals surface area contributed by atoms with E-state index in [-0.39, 0.29) is 17.3 Å². The number of aryl methyl sites for hydroxylation is 1. The molecule has 0 fully saturated rings. The highest BCUT2D eigenvalue weighted by molar-refractivity contribution is 5.95. The fourth-order valence-corrected chi connectivity index (χ4v) is 1.89. The number of H-pyrrole nitrogens is 1. The van der Waals surface area contributed by atoms with Gasteiger partial charge in [0.05, 0.1) is 0 Å². The Morgan fingerprint density at radius 2 is 2.25 bits per heavy atom. The van der Waals surface area contributed by atoms with Crippen LogP contribution in [0.5, 0.6) is 0 Å². The summed E-state index contributed by atoms with van der Waals surface area (Å²) in [5.74, 6) is 0.455. The van der Waals surface area contributed by atoms with Gasteiger partial charge in [0.1, 0.15) is 11.6 Å². The molecule has 8 heteroatoms. The van der Waals surface area contributed by atoms with Crippen molar-refractivity contribution in [1.29, 1.82) is 5.26 Å². The van der Waals surface area contributed by atoms with Crippen molar-refractivity contribution in [2.24, 2.45) is 5.92 Å². The molecule has 2 aromatic rings. The summed E-state index contributed by atoms with van der Waals surface area (Å²) in [4.78, 5) is 12.2. The van der Waals surface area contributed by atoms with E-state index in [1.54, 1.807) is 12.1 Å². The molecule has 0 aliphatic heterocycles. The van der Waals surface area contributed by atoms with Crippen LogP contribution < -0.4 is 10.6 Å². The van der Waals surface area contributed by atoms with Crippen molar-refractivity contribution in [3.8, 4) is 6.07 Å². The second-order valence-electron chi connectivity index (χ2n) is 5.68.